The van der Waals surface area contributed by atoms with Crippen LogP contribution in [0, 0.1) is 6.92 Å². The summed E-state index contributed by atoms with van der Waals surface area (Å²) in [5.74, 6) is -0.498. The summed E-state index contributed by atoms with van der Waals surface area (Å²) in [5.41, 5.74) is 1.62. The van der Waals surface area contributed by atoms with Crippen molar-refractivity contribution in [2.75, 3.05) is 38.2 Å². The van der Waals surface area contributed by atoms with E-state index >= 15 is 0 Å². The third-order valence-corrected chi connectivity index (χ3v) is 7.61. The fraction of sp³-hybridized carbons (Fsp3) is 0.318. The Kier molecular flexibility index (Phi) is 6.10. The number of halogens is 3. The molecule has 33 heavy (non-hydrogen) atoms. The molecule has 2 heterocycles. The van der Waals surface area contributed by atoms with Crippen LogP contribution in [0.1, 0.15) is 11.3 Å². The first-order valence-corrected chi connectivity index (χ1v) is 11.6. The van der Waals surface area contributed by atoms with Gasteiger partial charge in [-0.25, -0.2) is 8.42 Å². The second kappa shape index (κ2) is 8.71. The lowest BCUT2D eigenvalue weighted by molar-refractivity contribution is -0.155. The Hall–Kier alpha value is -3.05. The molecular formula is C22H22F3N3O4S. The Balaban J connectivity index is 1.54. The van der Waals surface area contributed by atoms with Crippen LogP contribution in [0.15, 0.2) is 57.9 Å². The zero-order valence-corrected chi connectivity index (χ0v) is 18.8. The van der Waals surface area contributed by atoms with Gasteiger partial charge in [0.25, 0.3) is 0 Å². The Labute approximate surface area is 189 Å². The van der Waals surface area contributed by atoms with Crippen LogP contribution in [-0.2, 0) is 16.2 Å². The number of hydrogen-bond acceptors (Lipinski definition) is 6. The predicted molar refractivity (Wildman–Crippen MR) is 116 cm³/mol. The van der Waals surface area contributed by atoms with Crippen molar-refractivity contribution < 1.29 is 30.8 Å². The fourth-order valence-corrected chi connectivity index (χ4v) is 5.37. The fourth-order valence-electron chi connectivity index (χ4n) is 3.70. The number of aromatic nitrogens is 1. The predicted octanol–water partition coefficient (Wildman–Crippen LogP) is 4.19. The molecule has 7 nitrogen and oxygen atoms in total. The van der Waals surface area contributed by atoms with Crippen LogP contribution in [0.2, 0.25) is 0 Å². The van der Waals surface area contributed by atoms with Crippen molar-refractivity contribution >= 4 is 15.7 Å². The van der Waals surface area contributed by atoms with E-state index < -0.39 is 22.0 Å². The number of piperazine rings is 1. The van der Waals surface area contributed by atoms with E-state index in [-0.39, 0.29) is 29.2 Å². The number of alkyl halides is 3. The summed E-state index contributed by atoms with van der Waals surface area (Å²) in [7, 11) is -2.26. The summed E-state index contributed by atoms with van der Waals surface area (Å²) in [6, 6.07) is 12.7. The van der Waals surface area contributed by atoms with Gasteiger partial charge in [-0.05, 0) is 42.8 Å². The zero-order valence-electron chi connectivity index (χ0n) is 18.0. The maximum atomic E-state index is 13.3. The van der Waals surface area contributed by atoms with Gasteiger partial charge in [0.1, 0.15) is 11.4 Å². The number of nitrogens with zero attached hydrogens (tertiary/aromatic N) is 3. The maximum Gasteiger partial charge on any atom is 0.452 e. The molecule has 1 saturated heterocycles. The average Bonchev–Trinajstić information content (AvgIpc) is 3.30. The molecule has 11 heteroatoms. The Morgan fingerprint density at radius 3 is 2.24 bits per heavy atom. The molecule has 0 saturated carbocycles. The third-order valence-electron chi connectivity index (χ3n) is 5.57. The molecule has 1 aliphatic rings. The first-order valence-electron chi connectivity index (χ1n) is 10.1. The van der Waals surface area contributed by atoms with E-state index in [1.165, 1.54) is 16.4 Å². The number of sulfonamides is 1. The van der Waals surface area contributed by atoms with Crippen molar-refractivity contribution in [2.45, 2.75) is 18.0 Å². The van der Waals surface area contributed by atoms with Crippen LogP contribution in [0.3, 0.4) is 0 Å². The SMILES string of the molecule is COc1ccc(N2CCN(S(=O)(=O)c3cc(-c4cc(C(F)(F)F)on4)ccc3C)CC2)cc1. The highest BCUT2D eigenvalue weighted by Gasteiger charge is 2.36. The molecular weight excluding hydrogens is 459 g/mol. The first-order chi connectivity index (χ1) is 15.6. The molecule has 0 atom stereocenters. The highest BCUT2D eigenvalue weighted by Crippen LogP contribution is 2.33. The van der Waals surface area contributed by atoms with E-state index in [4.69, 9.17) is 4.74 Å². The van der Waals surface area contributed by atoms with E-state index in [1.807, 2.05) is 24.3 Å². The lowest BCUT2D eigenvalue weighted by atomic mass is 10.1. The summed E-state index contributed by atoms with van der Waals surface area (Å²) in [6.45, 7) is 3.21. The van der Waals surface area contributed by atoms with Crippen LogP contribution in [0.4, 0.5) is 18.9 Å². The molecule has 0 aliphatic carbocycles. The van der Waals surface area contributed by atoms with Crippen molar-refractivity contribution in [2.24, 2.45) is 0 Å². The molecule has 1 aliphatic heterocycles. The van der Waals surface area contributed by atoms with Gasteiger partial charge in [-0.2, -0.15) is 17.5 Å². The number of benzene rings is 2. The van der Waals surface area contributed by atoms with Gasteiger partial charge in [-0.15, -0.1) is 0 Å². The van der Waals surface area contributed by atoms with E-state index in [1.54, 1.807) is 20.1 Å². The summed E-state index contributed by atoms with van der Waals surface area (Å²) >= 11 is 0. The molecule has 0 radical (unpaired) electrons. The monoisotopic (exact) mass is 481 g/mol. The largest absolute Gasteiger partial charge is 0.497 e. The number of ether oxygens (including phenoxy) is 1. The molecule has 3 aromatic rings. The lowest BCUT2D eigenvalue weighted by Gasteiger charge is -2.35. The van der Waals surface area contributed by atoms with Crippen LogP contribution in [0.5, 0.6) is 5.75 Å². The van der Waals surface area contributed by atoms with Crippen LogP contribution >= 0.6 is 0 Å². The summed E-state index contributed by atoms with van der Waals surface area (Å²) in [5, 5.41) is 3.46. The van der Waals surface area contributed by atoms with E-state index in [2.05, 4.69) is 14.6 Å². The first kappa shape index (κ1) is 23.1. The lowest BCUT2D eigenvalue weighted by Crippen LogP contribution is -2.48. The van der Waals surface area contributed by atoms with Crippen molar-refractivity contribution in [3.63, 3.8) is 0 Å². The number of anilines is 1. The van der Waals surface area contributed by atoms with Crippen molar-refractivity contribution in [3.8, 4) is 17.0 Å². The maximum absolute atomic E-state index is 13.3. The molecule has 1 fully saturated rings. The Morgan fingerprint density at radius 1 is 1.00 bits per heavy atom. The standard InChI is InChI=1S/C22H22F3N3O4S/c1-15-3-4-16(19-14-21(32-26-19)22(23,24)25)13-20(15)33(29,30)28-11-9-27(10-12-28)17-5-7-18(31-2)8-6-17/h3-8,13-14H,9-12H2,1-2H3. The minimum Gasteiger partial charge on any atom is -0.497 e. The molecule has 0 N–H and O–H groups in total. The van der Waals surface area contributed by atoms with E-state index in [0.717, 1.165) is 17.5 Å². The third kappa shape index (κ3) is 4.69. The molecule has 1 aromatic heterocycles. The zero-order chi connectivity index (χ0) is 23.8. The normalized spacial score (nSPS) is 15.6. The van der Waals surface area contributed by atoms with Crippen molar-refractivity contribution in [1.82, 2.24) is 9.46 Å². The molecule has 176 valence electrons. The molecule has 2 aromatic carbocycles. The highest BCUT2D eigenvalue weighted by molar-refractivity contribution is 7.89. The molecule has 0 amide bonds. The second-order valence-corrected chi connectivity index (χ2v) is 9.55. The van der Waals surface area contributed by atoms with Gasteiger partial charge in [-0.1, -0.05) is 17.3 Å². The van der Waals surface area contributed by atoms with E-state index in [0.29, 0.717) is 18.7 Å². The number of methoxy groups -OCH3 is 1. The van der Waals surface area contributed by atoms with Gasteiger partial charge in [0.2, 0.25) is 15.8 Å². The quantitative estimate of drug-likeness (QED) is 0.544. The summed E-state index contributed by atoms with van der Waals surface area (Å²) < 4.78 is 76.1. The molecule has 0 bridgehead atoms. The minimum absolute atomic E-state index is 0.0365. The van der Waals surface area contributed by atoms with Gasteiger partial charge in [-0.3, -0.25) is 0 Å². The smallest absolute Gasteiger partial charge is 0.452 e. The second-order valence-electron chi connectivity index (χ2n) is 7.64. The number of hydrogen-bond donors (Lipinski definition) is 0. The Morgan fingerprint density at radius 2 is 1.67 bits per heavy atom. The Bertz CT molecular complexity index is 1230. The highest BCUT2D eigenvalue weighted by atomic mass is 32.2. The van der Waals surface area contributed by atoms with Gasteiger partial charge >= 0.3 is 6.18 Å². The summed E-state index contributed by atoms with van der Waals surface area (Å²) in [6.07, 6.45) is -4.67. The van der Waals surface area contributed by atoms with Crippen molar-refractivity contribution in [3.05, 3.63) is 59.9 Å². The van der Waals surface area contributed by atoms with Crippen LogP contribution in [0.25, 0.3) is 11.3 Å². The van der Waals surface area contributed by atoms with Crippen LogP contribution < -0.4 is 9.64 Å². The van der Waals surface area contributed by atoms with Gasteiger partial charge in [0, 0.05) is 43.5 Å². The topological polar surface area (TPSA) is 75.9 Å². The summed E-state index contributed by atoms with van der Waals surface area (Å²) in [4.78, 5) is 2.12. The molecule has 0 spiro atoms. The van der Waals surface area contributed by atoms with Gasteiger partial charge in [0.15, 0.2) is 0 Å². The van der Waals surface area contributed by atoms with E-state index in [9.17, 15) is 21.6 Å². The molecule has 4 rings (SSSR count). The van der Waals surface area contributed by atoms with Crippen LogP contribution in [-0.4, -0.2) is 51.2 Å². The molecule has 0 unspecified atom stereocenters. The number of aryl methyl sites for hydroxylation is 1. The minimum atomic E-state index is -4.67. The van der Waals surface area contributed by atoms with Gasteiger partial charge < -0.3 is 14.2 Å². The number of rotatable bonds is 5. The van der Waals surface area contributed by atoms with Crippen molar-refractivity contribution in [1.29, 1.82) is 0 Å². The van der Waals surface area contributed by atoms with Gasteiger partial charge in [0.05, 0.1) is 12.0 Å². The average molecular weight is 481 g/mol.